The van der Waals surface area contributed by atoms with Crippen LogP contribution in [-0.4, -0.2) is 9.52 Å². The van der Waals surface area contributed by atoms with Crippen molar-refractivity contribution in [1.82, 2.24) is 0 Å². The van der Waals surface area contributed by atoms with Crippen molar-refractivity contribution in [2.75, 3.05) is 0 Å². The third-order valence-corrected chi connectivity index (χ3v) is 8.98. The van der Waals surface area contributed by atoms with Gasteiger partial charge in [-0.25, -0.2) is 0 Å². The molecule has 6 rings (SSSR count). The molecule has 0 bridgehead atoms. The molecule has 0 saturated heterocycles. The first-order valence-electron chi connectivity index (χ1n) is 18.2. The quantitative estimate of drug-likeness (QED) is 0.106. The van der Waals surface area contributed by atoms with Crippen LogP contribution in [0.1, 0.15) is 99.6 Å². The minimum atomic E-state index is -0.826. The molecule has 6 aromatic rings. The summed E-state index contributed by atoms with van der Waals surface area (Å²) in [4.78, 5) is 0. The van der Waals surface area contributed by atoms with Crippen LogP contribution in [0.5, 0.6) is 0 Å². The van der Waals surface area contributed by atoms with Crippen LogP contribution >= 0.6 is 17.0 Å². The molecule has 50 heavy (non-hydrogen) atoms. The fraction of sp³-hybridized carbons (Fsp3) is 0.348. The van der Waals surface area contributed by atoms with E-state index in [0.717, 1.165) is 22.4 Å². The van der Waals surface area contributed by atoms with E-state index < -0.39 is 20.8 Å². The third-order valence-electron chi connectivity index (χ3n) is 8.98. The predicted octanol–water partition coefficient (Wildman–Crippen LogP) is 15.4. The molecule has 0 fully saturated rings. The molecule has 262 valence electrons. The van der Waals surface area contributed by atoms with E-state index in [4.69, 9.17) is 17.0 Å². The molecule has 0 atom stereocenters. The van der Waals surface area contributed by atoms with Crippen LogP contribution in [0.15, 0.2) is 97.1 Å². The van der Waals surface area contributed by atoms with Crippen molar-refractivity contribution in [3.05, 3.63) is 130 Å². The molecule has 2 radical (unpaired) electrons. The van der Waals surface area contributed by atoms with Gasteiger partial charge >= 0.3 is 37.9 Å². The van der Waals surface area contributed by atoms with Crippen molar-refractivity contribution in [2.45, 2.75) is 106 Å². The van der Waals surface area contributed by atoms with Gasteiger partial charge in [-0.15, -0.1) is 69.1 Å². The van der Waals surface area contributed by atoms with Crippen LogP contribution in [0.25, 0.3) is 43.8 Å². The zero-order chi connectivity index (χ0) is 36.8. The summed E-state index contributed by atoms with van der Waals surface area (Å²) in [5.74, 6) is 1.08. The molecule has 0 unspecified atom stereocenters. The van der Waals surface area contributed by atoms with Gasteiger partial charge in [0.2, 0.25) is 0 Å². The Morgan fingerprint density at radius 1 is 0.600 bits per heavy atom. The van der Waals surface area contributed by atoms with Gasteiger partial charge in [-0.2, -0.15) is 12.1 Å². The van der Waals surface area contributed by atoms with Crippen molar-refractivity contribution in [3.8, 4) is 22.3 Å². The van der Waals surface area contributed by atoms with Gasteiger partial charge in [-0.05, 0) is 46.9 Å². The summed E-state index contributed by atoms with van der Waals surface area (Å²) in [6.07, 6.45) is 4.65. The van der Waals surface area contributed by atoms with Crippen molar-refractivity contribution in [1.29, 1.82) is 0 Å². The van der Waals surface area contributed by atoms with E-state index in [-0.39, 0.29) is 0 Å². The molecule has 0 N–H and O–H groups in total. The van der Waals surface area contributed by atoms with Gasteiger partial charge in [-0.1, -0.05) is 152 Å². The molecule has 0 amide bonds. The summed E-state index contributed by atoms with van der Waals surface area (Å²) in [7, 11) is 11.0. The Labute approximate surface area is 325 Å². The SMILES string of the molecule is CCCc1ccc2[cH-]c(C)cc2c1-c1ccccc1C(C)C.CCCc1ccc2[cH-]c(C)cc2c1-c1ccccc1C(C)C.C[Si]C.[Cl][Zr+2][Cl]. The molecule has 0 aliphatic rings. The molecule has 6 aromatic carbocycles. The van der Waals surface area contributed by atoms with Crippen molar-refractivity contribution >= 4 is 48.1 Å². The van der Waals surface area contributed by atoms with Gasteiger partial charge in [0.25, 0.3) is 0 Å². The van der Waals surface area contributed by atoms with Gasteiger partial charge < -0.3 is 0 Å². The van der Waals surface area contributed by atoms with Crippen LogP contribution in [0, 0.1) is 13.8 Å². The zero-order valence-corrected chi connectivity index (χ0v) is 36.9. The second kappa shape index (κ2) is 21.3. The first kappa shape index (κ1) is 42.2. The topological polar surface area (TPSA) is 0 Å². The van der Waals surface area contributed by atoms with Gasteiger partial charge in [0.05, 0.1) is 0 Å². The molecule has 4 heteroatoms. The maximum atomic E-state index is 4.93. The Morgan fingerprint density at radius 2 is 0.940 bits per heavy atom. The van der Waals surface area contributed by atoms with Crippen LogP contribution in [0.4, 0.5) is 0 Å². The minimum absolute atomic E-state index is 0.539. The first-order chi connectivity index (χ1) is 24.1. The number of hydrogen-bond acceptors (Lipinski definition) is 0. The Bertz CT molecular complexity index is 1770. The van der Waals surface area contributed by atoms with Crippen LogP contribution in [0.3, 0.4) is 0 Å². The Balaban J connectivity index is 0.000000234. The van der Waals surface area contributed by atoms with Crippen LogP contribution in [-0.2, 0) is 33.7 Å². The van der Waals surface area contributed by atoms with Gasteiger partial charge in [0, 0.05) is 9.52 Å². The second-order valence-electron chi connectivity index (χ2n) is 13.8. The normalized spacial score (nSPS) is 10.7. The van der Waals surface area contributed by atoms with E-state index in [1.165, 1.54) is 90.0 Å². The molecule has 0 aliphatic heterocycles. The predicted molar refractivity (Wildman–Crippen MR) is 225 cm³/mol. The number of aryl methyl sites for hydroxylation is 4. The van der Waals surface area contributed by atoms with E-state index >= 15 is 0 Å². The Morgan fingerprint density at radius 3 is 1.26 bits per heavy atom. The van der Waals surface area contributed by atoms with Gasteiger partial charge in [-0.3, -0.25) is 0 Å². The van der Waals surface area contributed by atoms with Gasteiger partial charge in [0.1, 0.15) is 0 Å². The number of rotatable bonds is 8. The summed E-state index contributed by atoms with van der Waals surface area (Å²) >= 11 is -0.826. The molecule has 0 nitrogen and oxygen atoms in total. The molecule has 0 saturated carbocycles. The van der Waals surface area contributed by atoms with Crippen LogP contribution < -0.4 is 0 Å². The zero-order valence-electron chi connectivity index (χ0n) is 32.0. The fourth-order valence-electron chi connectivity index (χ4n) is 7.00. The average molecular weight is 799 g/mol. The Kier molecular flexibility index (Phi) is 18.0. The number of hydrogen-bond donors (Lipinski definition) is 0. The summed E-state index contributed by atoms with van der Waals surface area (Å²) in [5, 5.41) is 5.56. The summed E-state index contributed by atoms with van der Waals surface area (Å²) < 4.78 is 0. The van der Waals surface area contributed by atoms with Gasteiger partial charge in [0.15, 0.2) is 0 Å². The van der Waals surface area contributed by atoms with E-state index in [2.05, 4.69) is 166 Å². The van der Waals surface area contributed by atoms with E-state index in [0.29, 0.717) is 11.8 Å². The molecule has 0 heterocycles. The average Bonchev–Trinajstić information content (AvgIpc) is 3.66. The molecule has 0 aliphatic carbocycles. The first-order valence-corrected chi connectivity index (χ1v) is 26.5. The van der Waals surface area contributed by atoms with Crippen molar-refractivity contribution in [3.63, 3.8) is 0 Å². The standard InChI is InChI=1S/2C22H25.C2H6Si.2ClH.Zr/c2*1-5-8-17-11-12-18-13-16(4)14-21(18)22(17)20-10-7-6-9-19(20)15(2)3;1-3-2;;;/h2*6-7,9-15H,5,8H2,1-4H3;1-2H3;2*1H;/q2*-1;;;;+4/p-2. The van der Waals surface area contributed by atoms with Crippen molar-refractivity contribution < 1.29 is 20.8 Å². The van der Waals surface area contributed by atoms with Crippen molar-refractivity contribution in [2.24, 2.45) is 0 Å². The number of benzene rings is 4. The number of fused-ring (bicyclic) bond motifs is 2. The second-order valence-corrected chi connectivity index (χ2v) is 18.6. The van der Waals surface area contributed by atoms with E-state index in [1.807, 2.05) is 0 Å². The summed E-state index contributed by atoms with van der Waals surface area (Å²) in [6.45, 7) is 22.4. The van der Waals surface area contributed by atoms with E-state index in [1.54, 1.807) is 0 Å². The molecule has 0 spiro atoms. The summed E-state index contributed by atoms with van der Waals surface area (Å²) in [6, 6.07) is 36.4. The molecule has 0 aromatic heterocycles. The molecular formula is C46H56Cl2SiZr. The fourth-order valence-corrected chi connectivity index (χ4v) is 7.00. The summed E-state index contributed by atoms with van der Waals surface area (Å²) in [5.41, 5.74) is 14.3. The third kappa shape index (κ3) is 10.9. The monoisotopic (exact) mass is 796 g/mol. The molecular weight excluding hydrogens is 743 g/mol. The Hall–Kier alpha value is -2.22. The van der Waals surface area contributed by atoms with Crippen LogP contribution in [0.2, 0.25) is 13.1 Å². The number of halogens is 2. The van der Waals surface area contributed by atoms with E-state index in [9.17, 15) is 0 Å². The maximum absolute atomic E-state index is 4.93.